The Hall–Kier alpha value is -6.07. The molecule has 0 aliphatic carbocycles. The minimum atomic E-state index is -5.16. The molecule has 4 aromatic rings. The van der Waals surface area contributed by atoms with Crippen LogP contribution in [0, 0.1) is 0 Å². The molecule has 23 heteroatoms. The fourth-order valence-electron chi connectivity index (χ4n) is 6.85. The Balaban J connectivity index is 1.34. The summed E-state index contributed by atoms with van der Waals surface area (Å²) in [4.78, 5) is 16.5. The van der Waals surface area contributed by atoms with E-state index in [2.05, 4.69) is 15.6 Å². The molecule has 2 atom stereocenters. The molecule has 0 saturated carbocycles. The van der Waals surface area contributed by atoms with Gasteiger partial charge >= 0.3 is 36.7 Å². The van der Waals surface area contributed by atoms with Crippen LogP contribution in [-0.4, -0.2) is 74.1 Å². The molecule has 1 aliphatic rings. The Morgan fingerprint density at radius 2 is 1.05 bits per heavy atom. The molecule has 0 unspecified atom stereocenters. The molecule has 0 aromatic heterocycles. The molecule has 66 heavy (non-hydrogen) atoms. The lowest BCUT2D eigenvalue weighted by molar-refractivity contribution is -0.666. The minimum Gasteiger partial charge on any atom is -0.846 e. The monoisotopic (exact) mass is 950 g/mol. The Labute approximate surface area is 369 Å². The molecule has 1 fully saturated rings. The fraction of sp³-hybridized carbons (Fsp3) is 0.372. The number of aliphatic imine (C=N–C) groups is 1. The second-order valence-electron chi connectivity index (χ2n) is 14.9. The van der Waals surface area contributed by atoms with Crippen LogP contribution in [0.2, 0.25) is 0 Å². The van der Waals surface area contributed by atoms with Gasteiger partial charge in [0.05, 0.1) is 67.8 Å². The Kier molecular flexibility index (Phi) is 17.3. The summed E-state index contributed by atoms with van der Waals surface area (Å²) in [6.45, 7) is 0.334. The summed E-state index contributed by atoms with van der Waals surface area (Å²) in [5.74, 6) is 0.410. The van der Waals surface area contributed by atoms with Crippen LogP contribution in [0.15, 0.2) is 102 Å². The molecule has 1 saturated heterocycles. The average Bonchev–Trinajstić information content (AvgIpc) is 3.64. The third kappa shape index (κ3) is 15.8. The highest BCUT2D eigenvalue weighted by Gasteiger charge is 2.40. The van der Waals surface area contributed by atoms with E-state index in [-0.39, 0.29) is 76.8 Å². The van der Waals surface area contributed by atoms with Crippen LogP contribution >= 0.6 is 0 Å². The molecule has 2 amide bonds. The number of hydrogen-bond acceptors (Lipinski definition) is 5. The molecule has 6 N–H and O–H groups in total. The predicted octanol–water partition coefficient (Wildman–Crippen LogP) is 7.20. The number of halogens is 12. The highest BCUT2D eigenvalue weighted by atomic mass is 19.4. The van der Waals surface area contributed by atoms with Crippen molar-refractivity contribution in [1.29, 1.82) is 0 Å². The number of guanidine groups is 1. The van der Waals surface area contributed by atoms with Gasteiger partial charge in [-0.25, -0.2) is 20.0 Å². The van der Waals surface area contributed by atoms with Crippen LogP contribution in [-0.2, 0) is 47.4 Å². The number of urea groups is 1. The van der Waals surface area contributed by atoms with E-state index in [1.165, 1.54) is 0 Å². The Morgan fingerprint density at radius 3 is 1.47 bits per heavy atom. The quantitative estimate of drug-likeness (QED) is 0.0265. The topological polar surface area (TPSA) is 139 Å². The van der Waals surface area contributed by atoms with E-state index >= 15 is 0 Å². The number of nitrogens with two attached hydrogens (primary N) is 1. The highest BCUT2D eigenvalue weighted by Crippen LogP contribution is 2.39. The number of ether oxygens (including phenoxy) is 2. The van der Waals surface area contributed by atoms with E-state index in [1.54, 1.807) is 5.32 Å². The van der Waals surface area contributed by atoms with Crippen molar-refractivity contribution in [3.8, 4) is 0 Å². The van der Waals surface area contributed by atoms with Crippen molar-refractivity contribution in [3.63, 3.8) is 0 Å². The molecular weight excluding hydrogens is 906 g/mol. The molecule has 5 rings (SSSR count). The van der Waals surface area contributed by atoms with Crippen LogP contribution in [0.25, 0.3) is 0 Å². The number of nitrogens with zero attached hydrogens (tertiary/aromatic N) is 2. The zero-order valence-electron chi connectivity index (χ0n) is 34.6. The first-order valence-corrected chi connectivity index (χ1v) is 20.1. The standard InChI is InChI=1S/C43H43F12N7O4/c44-40(45,46)29-17-30(41(47,48)49)20-33(19-29)60-38(63)58-15-13-56-37(57-14-16-59-39(64)61-34-21-31(42(50,51)52)18-32(22-34)43(53,54)55)62-35(25-65-23-27-7-3-1-4-8-27)11-12-36(62)26-66-24-28-9-5-2-6-10-28/h1-10,17-22,35-36H,11-16,23-26H2,(H5,56,57,58,59,60,61,63,64)/p+1/t35-,36-/m0/s1. The summed E-state index contributed by atoms with van der Waals surface area (Å²) < 4.78 is 175. The molecule has 0 spiro atoms. The smallest absolute Gasteiger partial charge is 0.441 e. The fourth-order valence-corrected chi connectivity index (χ4v) is 6.85. The lowest BCUT2D eigenvalue weighted by Gasteiger charge is -2.19. The van der Waals surface area contributed by atoms with Crippen LogP contribution in [0.4, 0.5) is 68.9 Å². The molecule has 11 nitrogen and oxygen atoms in total. The maximum Gasteiger partial charge on any atom is 0.441 e. The van der Waals surface area contributed by atoms with Crippen molar-refractivity contribution in [2.45, 2.75) is 62.8 Å². The summed E-state index contributed by atoms with van der Waals surface area (Å²) in [6.07, 6.45) is -19.4. The van der Waals surface area contributed by atoms with Gasteiger partial charge in [0, 0.05) is 11.4 Å². The van der Waals surface area contributed by atoms with Gasteiger partial charge in [0.2, 0.25) is 0 Å². The van der Waals surface area contributed by atoms with Gasteiger partial charge < -0.3 is 30.5 Å². The van der Waals surface area contributed by atoms with Gasteiger partial charge in [0.15, 0.2) is 0 Å². The zero-order chi connectivity index (χ0) is 48.1. The maximum atomic E-state index is 13.4. The largest absolute Gasteiger partial charge is 0.846 e. The van der Waals surface area contributed by atoms with E-state index in [4.69, 9.17) is 9.47 Å². The Bertz CT molecular complexity index is 2150. The number of carbonyl (C=O) groups is 1. The van der Waals surface area contributed by atoms with Crippen molar-refractivity contribution in [1.82, 2.24) is 10.6 Å². The molecule has 1 aliphatic heterocycles. The third-order valence-electron chi connectivity index (χ3n) is 9.87. The van der Waals surface area contributed by atoms with Crippen LogP contribution in [0.1, 0.15) is 46.2 Å². The van der Waals surface area contributed by atoms with Crippen molar-refractivity contribution in [2.24, 2.45) is 4.99 Å². The zero-order valence-corrected chi connectivity index (χ0v) is 34.6. The number of carbonyl (C=O) groups excluding carboxylic acids is 1. The van der Waals surface area contributed by atoms with Gasteiger partial charge in [-0.2, -0.15) is 52.7 Å². The number of amidine groups is 1. The van der Waals surface area contributed by atoms with Gasteiger partial charge in [-0.05, 0) is 60.4 Å². The van der Waals surface area contributed by atoms with Crippen molar-refractivity contribution in [3.05, 3.63) is 130 Å². The van der Waals surface area contributed by atoms with E-state index < -0.39 is 70.4 Å². The predicted molar refractivity (Wildman–Crippen MR) is 215 cm³/mol. The van der Waals surface area contributed by atoms with Crippen molar-refractivity contribution >= 4 is 29.4 Å². The van der Waals surface area contributed by atoms with Crippen molar-refractivity contribution in [2.75, 3.05) is 50.0 Å². The second-order valence-corrected chi connectivity index (χ2v) is 14.9. The van der Waals surface area contributed by atoms with Crippen LogP contribution in [0.5, 0.6) is 0 Å². The molecule has 0 bridgehead atoms. The summed E-state index contributed by atoms with van der Waals surface area (Å²) in [5, 5.41) is 23.8. The van der Waals surface area contributed by atoms with Gasteiger partial charge in [0.1, 0.15) is 25.2 Å². The first-order chi connectivity index (χ1) is 31.1. The first kappa shape index (κ1) is 50.9. The molecule has 4 aromatic carbocycles. The molecule has 358 valence electrons. The maximum absolute atomic E-state index is 13.4. The van der Waals surface area contributed by atoms with Crippen LogP contribution in [0.3, 0.4) is 0 Å². The first-order valence-electron chi connectivity index (χ1n) is 20.1. The normalized spacial score (nSPS) is 16.0. The van der Waals surface area contributed by atoms with Gasteiger partial charge in [-0.3, -0.25) is 4.99 Å². The van der Waals surface area contributed by atoms with Gasteiger partial charge in [0.25, 0.3) is 0 Å². The number of nitrogens with one attached hydrogen (secondary N) is 4. The summed E-state index contributed by atoms with van der Waals surface area (Å²) in [5.41, 5.74) is -6.28. The number of alkyl halides is 12. The number of amides is 2. The van der Waals surface area contributed by atoms with E-state index in [0.717, 1.165) is 11.1 Å². The number of benzene rings is 4. The number of anilines is 2. The Morgan fingerprint density at radius 1 is 0.621 bits per heavy atom. The van der Waals surface area contributed by atoms with E-state index in [9.17, 15) is 62.6 Å². The summed E-state index contributed by atoms with van der Waals surface area (Å²) in [7, 11) is 0. The van der Waals surface area contributed by atoms with E-state index in [1.807, 2.05) is 75.9 Å². The second kappa shape index (κ2) is 22.4. The lowest BCUT2D eigenvalue weighted by Crippen LogP contribution is -2.94. The van der Waals surface area contributed by atoms with Crippen molar-refractivity contribution < 1.29 is 82.0 Å². The van der Waals surface area contributed by atoms with Gasteiger partial charge in [-0.1, -0.05) is 60.7 Å². The molecular formula is C43H44F12N7O4+. The van der Waals surface area contributed by atoms with Gasteiger partial charge in [-0.15, -0.1) is 0 Å². The molecule has 1 heterocycles. The minimum absolute atomic E-state index is 0.0204. The van der Waals surface area contributed by atoms with Crippen LogP contribution < -0.4 is 31.7 Å². The van der Waals surface area contributed by atoms with E-state index in [0.29, 0.717) is 43.1 Å². The number of hydrogen-bond donors (Lipinski definition) is 5. The summed E-state index contributed by atoms with van der Waals surface area (Å²) in [6, 6.07) is 16.9. The third-order valence-corrected chi connectivity index (χ3v) is 9.87. The highest BCUT2D eigenvalue weighted by molar-refractivity contribution is 5.89. The average molecular weight is 951 g/mol. The SMILES string of the molecule is O=C(NCC[NH2+]C(NCCN=C([O-])Nc1cc(C(F)(F)F)cc(C(F)(F)F)c1)=[N+]1[C@H](COCc2ccccc2)CC[C@H]1COCc1ccccc1)Nc1cc(C(F)(F)F)cc(C(F)(F)F)c1. The lowest BCUT2D eigenvalue weighted by atomic mass is 10.1. The summed E-state index contributed by atoms with van der Waals surface area (Å²) >= 11 is 0. The number of quaternary nitrogens is 1. The number of rotatable bonds is 16. The molecule has 0 radical (unpaired) electrons.